The van der Waals surface area contributed by atoms with E-state index in [-0.39, 0.29) is 5.75 Å². The van der Waals surface area contributed by atoms with Gasteiger partial charge in [0.25, 0.3) is 0 Å². The molecule has 2 N–H and O–H groups in total. The summed E-state index contributed by atoms with van der Waals surface area (Å²) in [7, 11) is 3.09. The molecule has 106 valence electrons. The molecule has 1 aliphatic rings. The number of hydrogen-bond donors (Lipinski definition) is 2. The van der Waals surface area contributed by atoms with E-state index >= 15 is 0 Å². The molecule has 2 unspecified atom stereocenters. The van der Waals surface area contributed by atoms with Crippen molar-refractivity contribution in [2.45, 2.75) is 38.8 Å². The minimum Gasteiger partial charge on any atom is -0.502 e. The maximum Gasteiger partial charge on any atom is 0.200 e. The molecule has 19 heavy (non-hydrogen) atoms. The lowest BCUT2D eigenvalue weighted by Gasteiger charge is -2.18. The molecule has 2 rings (SSSR count). The fourth-order valence-corrected chi connectivity index (χ4v) is 2.75. The second-order valence-electron chi connectivity index (χ2n) is 5.24. The second-order valence-corrected chi connectivity index (χ2v) is 5.24. The molecule has 0 bridgehead atoms. The van der Waals surface area contributed by atoms with Crippen molar-refractivity contribution in [2.24, 2.45) is 5.92 Å². The Morgan fingerprint density at radius 3 is 2.32 bits per heavy atom. The Balaban J connectivity index is 2.07. The van der Waals surface area contributed by atoms with Gasteiger partial charge in [0.2, 0.25) is 5.75 Å². The number of phenolic OH excluding ortho intramolecular Hbond substituents is 1. The van der Waals surface area contributed by atoms with Crippen LogP contribution in [0, 0.1) is 5.92 Å². The Kier molecular flexibility index (Phi) is 4.53. The lowest BCUT2D eigenvalue weighted by Crippen LogP contribution is -2.30. The summed E-state index contributed by atoms with van der Waals surface area (Å²) in [6, 6.07) is 4.29. The van der Waals surface area contributed by atoms with Crippen molar-refractivity contribution < 1.29 is 14.6 Å². The predicted molar refractivity (Wildman–Crippen MR) is 74.9 cm³/mol. The van der Waals surface area contributed by atoms with Gasteiger partial charge >= 0.3 is 0 Å². The fraction of sp³-hybridized carbons (Fsp3) is 0.600. The zero-order chi connectivity index (χ0) is 13.8. The van der Waals surface area contributed by atoms with Crippen molar-refractivity contribution in [3.63, 3.8) is 0 Å². The van der Waals surface area contributed by atoms with Crippen molar-refractivity contribution in [3.05, 3.63) is 17.7 Å². The Bertz CT molecular complexity index is 408. The number of benzene rings is 1. The van der Waals surface area contributed by atoms with Crippen LogP contribution in [0.3, 0.4) is 0 Å². The zero-order valence-corrected chi connectivity index (χ0v) is 11.9. The summed E-state index contributed by atoms with van der Waals surface area (Å²) in [5, 5.41) is 13.4. The van der Waals surface area contributed by atoms with Crippen LogP contribution in [-0.2, 0) is 6.54 Å². The van der Waals surface area contributed by atoms with E-state index in [1.807, 2.05) is 12.1 Å². The molecule has 0 saturated heterocycles. The molecule has 1 saturated carbocycles. The second kappa shape index (κ2) is 6.15. The summed E-state index contributed by atoms with van der Waals surface area (Å²) in [6.45, 7) is 3.06. The van der Waals surface area contributed by atoms with Crippen LogP contribution in [0.4, 0.5) is 0 Å². The minimum absolute atomic E-state index is 0.0583. The first-order valence-electron chi connectivity index (χ1n) is 6.83. The lowest BCUT2D eigenvalue weighted by atomic mass is 10.1. The van der Waals surface area contributed by atoms with E-state index in [9.17, 15) is 5.11 Å². The van der Waals surface area contributed by atoms with E-state index in [0.29, 0.717) is 17.5 Å². The largest absolute Gasteiger partial charge is 0.502 e. The number of rotatable bonds is 5. The maximum atomic E-state index is 9.86. The summed E-state index contributed by atoms with van der Waals surface area (Å²) in [6.07, 6.45) is 3.86. The standard InChI is InChI=1S/C15H23NO3/c1-10-5-4-6-12(10)16-9-11-7-13(18-2)15(17)14(8-11)19-3/h7-8,10,12,16-17H,4-6,9H2,1-3H3. The molecule has 1 aliphatic carbocycles. The topological polar surface area (TPSA) is 50.7 Å². The highest BCUT2D eigenvalue weighted by Gasteiger charge is 2.22. The first-order chi connectivity index (χ1) is 9.15. The van der Waals surface area contributed by atoms with Gasteiger partial charge in [-0.1, -0.05) is 13.3 Å². The highest BCUT2D eigenvalue weighted by Crippen LogP contribution is 2.37. The molecule has 2 atom stereocenters. The predicted octanol–water partition coefficient (Wildman–Crippen LogP) is 2.69. The zero-order valence-electron chi connectivity index (χ0n) is 11.9. The van der Waals surface area contributed by atoms with Crippen LogP contribution in [-0.4, -0.2) is 25.4 Å². The van der Waals surface area contributed by atoms with Crippen molar-refractivity contribution in [1.29, 1.82) is 0 Å². The van der Waals surface area contributed by atoms with Gasteiger partial charge in [-0.3, -0.25) is 0 Å². The van der Waals surface area contributed by atoms with E-state index < -0.39 is 0 Å². The summed E-state index contributed by atoms with van der Waals surface area (Å²) < 4.78 is 10.3. The molecule has 0 aliphatic heterocycles. The van der Waals surface area contributed by atoms with Crippen molar-refractivity contribution in [1.82, 2.24) is 5.32 Å². The van der Waals surface area contributed by atoms with E-state index in [2.05, 4.69) is 12.2 Å². The van der Waals surface area contributed by atoms with E-state index in [4.69, 9.17) is 9.47 Å². The number of aromatic hydroxyl groups is 1. The highest BCUT2D eigenvalue weighted by molar-refractivity contribution is 5.52. The SMILES string of the molecule is COc1cc(CNC2CCCC2C)cc(OC)c1O. The number of phenols is 1. The van der Waals surface area contributed by atoms with Crippen molar-refractivity contribution >= 4 is 0 Å². The van der Waals surface area contributed by atoms with Gasteiger partial charge in [-0.25, -0.2) is 0 Å². The molecular weight excluding hydrogens is 242 g/mol. The Hall–Kier alpha value is -1.42. The molecule has 1 aromatic carbocycles. The molecular formula is C15H23NO3. The molecule has 0 aromatic heterocycles. The minimum atomic E-state index is 0.0583. The smallest absolute Gasteiger partial charge is 0.200 e. The summed E-state index contributed by atoms with van der Waals surface area (Å²) in [5.74, 6) is 1.70. The molecule has 0 amide bonds. The molecule has 0 radical (unpaired) electrons. The third-order valence-electron chi connectivity index (χ3n) is 3.97. The number of ether oxygens (including phenoxy) is 2. The number of hydrogen-bond acceptors (Lipinski definition) is 4. The molecule has 4 nitrogen and oxygen atoms in total. The summed E-state index contributed by atoms with van der Waals surface area (Å²) >= 11 is 0. The van der Waals surface area contributed by atoms with Crippen LogP contribution < -0.4 is 14.8 Å². The van der Waals surface area contributed by atoms with Crippen LogP contribution in [0.15, 0.2) is 12.1 Å². The maximum absolute atomic E-state index is 9.86. The quantitative estimate of drug-likeness (QED) is 0.859. The number of methoxy groups -OCH3 is 2. The van der Waals surface area contributed by atoms with Crippen molar-refractivity contribution in [2.75, 3.05) is 14.2 Å². The molecule has 1 aromatic rings. The van der Waals surface area contributed by atoms with Gasteiger partial charge in [0.1, 0.15) is 0 Å². The van der Waals surface area contributed by atoms with Crippen molar-refractivity contribution in [3.8, 4) is 17.2 Å². The van der Waals surface area contributed by atoms with Crippen LogP contribution in [0.5, 0.6) is 17.2 Å². The van der Waals surface area contributed by atoms with Gasteiger partial charge in [-0.05, 0) is 36.5 Å². The molecule has 4 heteroatoms. The van der Waals surface area contributed by atoms with Crippen LogP contribution >= 0.6 is 0 Å². The van der Waals surface area contributed by atoms with Gasteiger partial charge in [0.15, 0.2) is 11.5 Å². The monoisotopic (exact) mass is 265 g/mol. The Morgan fingerprint density at radius 2 is 1.84 bits per heavy atom. The fourth-order valence-electron chi connectivity index (χ4n) is 2.75. The first-order valence-corrected chi connectivity index (χ1v) is 6.83. The molecule has 0 spiro atoms. The third kappa shape index (κ3) is 3.13. The first kappa shape index (κ1) is 14.0. The lowest BCUT2D eigenvalue weighted by molar-refractivity contribution is 0.338. The van der Waals surface area contributed by atoms with Crippen LogP contribution in [0.1, 0.15) is 31.7 Å². The van der Waals surface area contributed by atoms with Gasteiger partial charge < -0.3 is 19.9 Å². The average molecular weight is 265 g/mol. The van der Waals surface area contributed by atoms with Gasteiger partial charge in [-0.2, -0.15) is 0 Å². The van der Waals surface area contributed by atoms with E-state index in [1.165, 1.54) is 19.3 Å². The van der Waals surface area contributed by atoms with Gasteiger partial charge in [0.05, 0.1) is 14.2 Å². The summed E-state index contributed by atoms with van der Waals surface area (Å²) in [5.41, 5.74) is 1.06. The summed E-state index contributed by atoms with van der Waals surface area (Å²) in [4.78, 5) is 0. The van der Waals surface area contributed by atoms with E-state index in [1.54, 1.807) is 14.2 Å². The Morgan fingerprint density at radius 1 is 1.21 bits per heavy atom. The van der Waals surface area contributed by atoms with Gasteiger partial charge in [-0.15, -0.1) is 0 Å². The highest BCUT2D eigenvalue weighted by atomic mass is 16.5. The average Bonchev–Trinajstić information content (AvgIpc) is 2.83. The van der Waals surface area contributed by atoms with Crippen LogP contribution in [0.25, 0.3) is 0 Å². The van der Waals surface area contributed by atoms with Gasteiger partial charge in [0, 0.05) is 12.6 Å². The Labute approximate surface area is 114 Å². The van der Waals surface area contributed by atoms with E-state index in [0.717, 1.165) is 18.0 Å². The molecule has 0 heterocycles. The number of nitrogens with one attached hydrogen (secondary N) is 1. The normalized spacial score (nSPS) is 22.5. The third-order valence-corrected chi connectivity index (χ3v) is 3.97. The van der Waals surface area contributed by atoms with Crippen LogP contribution in [0.2, 0.25) is 0 Å². The molecule has 1 fully saturated rings.